The maximum Gasteiger partial charge on any atom is 0.267 e. The van der Waals surface area contributed by atoms with Gasteiger partial charge in [0.2, 0.25) is 0 Å². The molecule has 0 saturated heterocycles. The Balaban J connectivity index is 1.67. The van der Waals surface area contributed by atoms with E-state index in [1.807, 2.05) is 49.8 Å². The fraction of sp³-hybridized carbons (Fsp3) is 0.188. The van der Waals surface area contributed by atoms with E-state index >= 15 is 0 Å². The normalized spacial score (nSPS) is 11.4. The fourth-order valence-corrected chi connectivity index (χ4v) is 4.57. The molecule has 4 rings (SSSR count). The molecule has 0 aliphatic carbocycles. The highest BCUT2D eigenvalue weighted by Gasteiger charge is 2.16. The summed E-state index contributed by atoms with van der Waals surface area (Å²) in [4.78, 5) is 18.7. The zero-order valence-corrected chi connectivity index (χ0v) is 14.5. The predicted molar refractivity (Wildman–Crippen MR) is 95.6 cm³/mol. The number of nitrogens with one attached hydrogen (secondary N) is 1. The SMILES string of the molecule is Cc1nn(C)c2sc(C(=O)Nc3nc4c(C)cccc4s3)cc12. The minimum atomic E-state index is -0.123. The van der Waals surface area contributed by atoms with Crippen molar-refractivity contribution < 1.29 is 4.79 Å². The topological polar surface area (TPSA) is 59.8 Å². The molecule has 3 aromatic heterocycles. The number of hydrogen-bond donors (Lipinski definition) is 1. The quantitative estimate of drug-likeness (QED) is 0.596. The van der Waals surface area contributed by atoms with Crippen LogP contribution in [0.25, 0.3) is 20.4 Å². The van der Waals surface area contributed by atoms with Gasteiger partial charge >= 0.3 is 0 Å². The second-order valence-corrected chi connectivity index (χ2v) is 7.49. The van der Waals surface area contributed by atoms with Gasteiger partial charge in [-0.2, -0.15) is 5.10 Å². The number of para-hydroxylation sites is 1. The molecule has 3 heterocycles. The van der Waals surface area contributed by atoms with Gasteiger partial charge in [0.25, 0.3) is 5.91 Å². The van der Waals surface area contributed by atoms with Gasteiger partial charge in [-0.15, -0.1) is 11.3 Å². The lowest BCUT2D eigenvalue weighted by Crippen LogP contribution is -2.09. The molecule has 0 saturated carbocycles. The summed E-state index contributed by atoms with van der Waals surface area (Å²) in [6, 6.07) is 7.94. The average Bonchev–Trinajstić information content (AvgIpc) is 3.16. The van der Waals surface area contributed by atoms with Crippen molar-refractivity contribution in [3.63, 3.8) is 0 Å². The van der Waals surface area contributed by atoms with Crippen LogP contribution in [-0.4, -0.2) is 20.7 Å². The van der Waals surface area contributed by atoms with Gasteiger partial charge < -0.3 is 0 Å². The first kappa shape index (κ1) is 14.3. The van der Waals surface area contributed by atoms with E-state index in [1.165, 1.54) is 22.7 Å². The molecule has 0 spiro atoms. The number of nitrogens with zero attached hydrogens (tertiary/aromatic N) is 3. The van der Waals surface area contributed by atoms with Crippen LogP contribution >= 0.6 is 22.7 Å². The number of aromatic nitrogens is 3. The summed E-state index contributed by atoms with van der Waals surface area (Å²) in [6.07, 6.45) is 0. The number of thiophene rings is 1. The Kier molecular flexibility index (Phi) is 3.21. The van der Waals surface area contributed by atoms with Gasteiger partial charge in [-0.25, -0.2) is 4.98 Å². The van der Waals surface area contributed by atoms with Crippen LogP contribution in [0, 0.1) is 13.8 Å². The van der Waals surface area contributed by atoms with E-state index in [4.69, 9.17) is 0 Å². The van der Waals surface area contributed by atoms with E-state index in [0.29, 0.717) is 10.0 Å². The Bertz CT molecular complexity index is 1020. The molecule has 5 nitrogen and oxygen atoms in total. The molecule has 116 valence electrons. The molecule has 7 heteroatoms. The predicted octanol–water partition coefficient (Wildman–Crippen LogP) is 4.11. The molecular formula is C16H14N4OS2. The maximum atomic E-state index is 12.5. The summed E-state index contributed by atoms with van der Waals surface area (Å²) >= 11 is 2.94. The van der Waals surface area contributed by atoms with E-state index in [0.717, 1.165) is 31.7 Å². The molecule has 0 bridgehead atoms. The number of rotatable bonds is 2. The minimum Gasteiger partial charge on any atom is -0.297 e. The van der Waals surface area contributed by atoms with E-state index < -0.39 is 0 Å². The van der Waals surface area contributed by atoms with Crippen molar-refractivity contribution in [3.05, 3.63) is 40.4 Å². The Morgan fingerprint density at radius 3 is 2.83 bits per heavy atom. The first-order valence-electron chi connectivity index (χ1n) is 7.13. The highest BCUT2D eigenvalue weighted by Crippen LogP contribution is 2.31. The molecule has 0 aliphatic rings. The summed E-state index contributed by atoms with van der Waals surface area (Å²) in [5, 5.41) is 8.93. The summed E-state index contributed by atoms with van der Waals surface area (Å²) < 4.78 is 2.89. The molecule has 23 heavy (non-hydrogen) atoms. The lowest BCUT2D eigenvalue weighted by molar-refractivity contribution is 0.103. The van der Waals surface area contributed by atoms with Crippen LogP contribution in [0.5, 0.6) is 0 Å². The fourth-order valence-electron chi connectivity index (χ4n) is 2.62. The number of benzene rings is 1. The number of aryl methyl sites for hydroxylation is 3. The number of thiazole rings is 1. The third-order valence-electron chi connectivity index (χ3n) is 3.76. The van der Waals surface area contributed by atoms with Crippen LogP contribution in [-0.2, 0) is 7.05 Å². The summed E-state index contributed by atoms with van der Waals surface area (Å²) in [5.41, 5.74) is 3.00. The zero-order chi connectivity index (χ0) is 16.1. The molecule has 1 N–H and O–H groups in total. The van der Waals surface area contributed by atoms with Crippen LogP contribution in [0.2, 0.25) is 0 Å². The Morgan fingerprint density at radius 2 is 2.09 bits per heavy atom. The molecule has 0 unspecified atom stereocenters. The van der Waals surface area contributed by atoms with Gasteiger partial charge in [-0.3, -0.25) is 14.8 Å². The minimum absolute atomic E-state index is 0.123. The second-order valence-electron chi connectivity index (χ2n) is 5.43. The van der Waals surface area contributed by atoms with Crippen molar-refractivity contribution in [2.24, 2.45) is 7.05 Å². The van der Waals surface area contributed by atoms with E-state index in [-0.39, 0.29) is 5.91 Å². The van der Waals surface area contributed by atoms with Crippen LogP contribution < -0.4 is 5.32 Å². The van der Waals surface area contributed by atoms with Crippen LogP contribution in [0.15, 0.2) is 24.3 Å². The molecule has 1 aromatic carbocycles. The number of amides is 1. The molecule has 0 fully saturated rings. The third kappa shape index (κ3) is 2.32. The third-order valence-corrected chi connectivity index (χ3v) is 5.90. The van der Waals surface area contributed by atoms with Gasteiger partial charge in [-0.05, 0) is 31.5 Å². The number of carbonyl (C=O) groups excluding carboxylic acids is 1. The number of hydrogen-bond acceptors (Lipinski definition) is 5. The van der Waals surface area contributed by atoms with Gasteiger partial charge in [0.15, 0.2) is 5.13 Å². The second kappa shape index (κ2) is 5.14. The Labute approximate surface area is 140 Å². The largest absolute Gasteiger partial charge is 0.297 e. The zero-order valence-electron chi connectivity index (χ0n) is 12.9. The summed E-state index contributed by atoms with van der Waals surface area (Å²) in [7, 11) is 1.89. The van der Waals surface area contributed by atoms with Crippen molar-refractivity contribution in [1.29, 1.82) is 0 Å². The number of fused-ring (bicyclic) bond motifs is 2. The average molecular weight is 342 g/mol. The highest BCUT2D eigenvalue weighted by molar-refractivity contribution is 7.23. The highest BCUT2D eigenvalue weighted by atomic mass is 32.1. The van der Waals surface area contributed by atoms with Crippen LogP contribution in [0.1, 0.15) is 20.9 Å². The monoisotopic (exact) mass is 342 g/mol. The Hall–Kier alpha value is -2.25. The lowest BCUT2D eigenvalue weighted by Gasteiger charge is -1.97. The van der Waals surface area contributed by atoms with Crippen molar-refractivity contribution in [1.82, 2.24) is 14.8 Å². The van der Waals surface area contributed by atoms with Gasteiger partial charge in [-0.1, -0.05) is 23.5 Å². The molecular weight excluding hydrogens is 328 g/mol. The molecule has 0 radical (unpaired) electrons. The van der Waals surface area contributed by atoms with E-state index in [1.54, 1.807) is 0 Å². The molecule has 1 amide bonds. The van der Waals surface area contributed by atoms with Crippen molar-refractivity contribution >= 4 is 54.1 Å². The number of anilines is 1. The van der Waals surface area contributed by atoms with Crippen molar-refractivity contribution in [2.75, 3.05) is 5.32 Å². The van der Waals surface area contributed by atoms with Crippen LogP contribution in [0.3, 0.4) is 0 Å². The summed E-state index contributed by atoms with van der Waals surface area (Å²) in [6.45, 7) is 3.97. The van der Waals surface area contributed by atoms with Gasteiger partial charge in [0.05, 0.1) is 20.8 Å². The van der Waals surface area contributed by atoms with E-state index in [9.17, 15) is 4.79 Å². The Morgan fingerprint density at radius 1 is 1.26 bits per heavy atom. The first-order valence-corrected chi connectivity index (χ1v) is 8.77. The molecule has 0 aliphatic heterocycles. The standard InChI is InChI=1S/C16H14N4OS2/c1-8-5-4-6-11-13(8)17-16(23-11)18-14(21)12-7-10-9(2)19-20(3)15(10)22-12/h4-7H,1-3H3,(H,17,18,21). The lowest BCUT2D eigenvalue weighted by atomic mass is 10.2. The maximum absolute atomic E-state index is 12.5. The van der Waals surface area contributed by atoms with E-state index in [2.05, 4.69) is 15.4 Å². The molecule has 0 atom stereocenters. The van der Waals surface area contributed by atoms with Crippen molar-refractivity contribution in [3.8, 4) is 0 Å². The smallest absolute Gasteiger partial charge is 0.267 e. The van der Waals surface area contributed by atoms with Crippen LogP contribution in [0.4, 0.5) is 5.13 Å². The van der Waals surface area contributed by atoms with Gasteiger partial charge in [0, 0.05) is 12.4 Å². The van der Waals surface area contributed by atoms with Gasteiger partial charge in [0.1, 0.15) is 4.83 Å². The summed E-state index contributed by atoms with van der Waals surface area (Å²) in [5.74, 6) is -0.123. The number of carbonyl (C=O) groups is 1. The molecule has 4 aromatic rings. The first-order chi connectivity index (χ1) is 11.0. The van der Waals surface area contributed by atoms with Crippen molar-refractivity contribution in [2.45, 2.75) is 13.8 Å².